The van der Waals surface area contributed by atoms with Crippen molar-refractivity contribution in [2.45, 2.75) is 18.3 Å². The van der Waals surface area contributed by atoms with Gasteiger partial charge in [0, 0.05) is 31.0 Å². The van der Waals surface area contributed by atoms with Gasteiger partial charge in [-0.3, -0.25) is 13.8 Å². The maximum Gasteiger partial charge on any atom is 0.470 e. The molecule has 1 radical (unpaired) electrons. The van der Waals surface area contributed by atoms with Gasteiger partial charge in [-0.2, -0.15) is 0 Å². The van der Waals surface area contributed by atoms with Crippen molar-refractivity contribution in [2.24, 2.45) is 0 Å². The monoisotopic (exact) mass is 383 g/mol. The summed E-state index contributed by atoms with van der Waals surface area (Å²) in [7, 11) is -9.87. The number of carbonyl (C=O) groups excluding carboxylic acids is 1. The topological polar surface area (TPSA) is 243 Å². The van der Waals surface area contributed by atoms with Gasteiger partial charge >= 0.3 is 15.6 Å². The minimum absolute atomic E-state index is 0. The molecule has 0 aliphatic carbocycles. The Hall–Kier alpha value is 0.730. The van der Waals surface area contributed by atoms with Crippen molar-refractivity contribution in [3.05, 3.63) is 0 Å². The molecular weight excluding hydrogens is 365 g/mol. The van der Waals surface area contributed by atoms with Crippen LogP contribution in [0.1, 0.15) is 1.43 Å². The van der Waals surface area contributed by atoms with E-state index in [2.05, 4.69) is 9.05 Å². The average Bonchev–Trinajstić information content (AvgIpc) is 2.29. The molecule has 0 aromatic heterocycles. The summed E-state index contributed by atoms with van der Waals surface area (Å²) in [6.45, 7) is -2.33. The molecule has 22 heavy (non-hydrogen) atoms. The Morgan fingerprint density at radius 1 is 1.00 bits per heavy atom. The van der Waals surface area contributed by atoms with E-state index in [-0.39, 0.29) is 36.5 Å². The molecule has 0 fully saturated rings. The Morgan fingerprint density at radius 3 is 1.77 bits per heavy atom. The van der Waals surface area contributed by atoms with Crippen LogP contribution in [0.2, 0.25) is 0 Å². The van der Waals surface area contributed by atoms with E-state index in [1.165, 1.54) is 0 Å². The van der Waals surface area contributed by atoms with Gasteiger partial charge in [-0.05, 0) is 0 Å². The maximum absolute atomic E-state index is 11.2. The summed E-state index contributed by atoms with van der Waals surface area (Å²) in [6, 6.07) is 0. The molecule has 0 aromatic carbocycles. The van der Waals surface area contributed by atoms with Gasteiger partial charge in [0.25, 0.3) is 0 Å². The summed E-state index contributed by atoms with van der Waals surface area (Å²) in [5, 5.41) is 27.7. The second-order valence-electron chi connectivity index (χ2n) is 3.52. The molecule has 0 spiro atoms. The molecule has 0 rings (SSSR count). The van der Waals surface area contributed by atoms with Crippen molar-refractivity contribution < 1.29 is 64.8 Å². The number of aliphatic hydroxyl groups excluding tert-OH is 3. The number of Topliss-reactive ketones (excluding diaryl/α,β-unsaturated/α-hetero) is 1. The molecular formula is C6H18NaO13P2. The summed E-state index contributed by atoms with van der Waals surface area (Å²) in [4.78, 5) is 44.4. The van der Waals surface area contributed by atoms with Crippen LogP contribution >= 0.6 is 15.6 Å². The zero-order chi connectivity index (χ0) is 16.1. The van der Waals surface area contributed by atoms with Crippen molar-refractivity contribution >= 4 is 51.0 Å². The van der Waals surface area contributed by atoms with E-state index >= 15 is 0 Å². The SMILES string of the molecule is O.O=C(COP(=O)(O)O)C(O)C(O)C(O)COP(=O)(O)O.[HH].[Na]. The third-order valence-corrected chi connectivity index (χ3v) is 2.79. The van der Waals surface area contributed by atoms with Crippen molar-refractivity contribution in [2.75, 3.05) is 13.2 Å². The molecule has 0 heterocycles. The Morgan fingerprint density at radius 2 is 1.41 bits per heavy atom. The molecule has 0 aliphatic rings. The van der Waals surface area contributed by atoms with Crippen LogP contribution in [0, 0.1) is 0 Å². The van der Waals surface area contributed by atoms with Gasteiger partial charge in [-0.15, -0.1) is 0 Å². The quantitative estimate of drug-likeness (QED) is 0.148. The van der Waals surface area contributed by atoms with Crippen molar-refractivity contribution in [1.82, 2.24) is 0 Å². The molecule has 0 aliphatic heterocycles. The molecule has 0 saturated carbocycles. The van der Waals surface area contributed by atoms with Crippen LogP contribution in [-0.4, -0.2) is 107 Å². The fourth-order valence-corrected chi connectivity index (χ4v) is 1.55. The Bertz CT molecular complexity index is 423. The summed E-state index contributed by atoms with van der Waals surface area (Å²) < 4.78 is 28.2. The fraction of sp³-hybridized carbons (Fsp3) is 0.833. The van der Waals surface area contributed by atoms with Gasteiger partial charge in [0.1, 0.15) is 24.9 Å². The molecule has 0 aromatic rings. The first kappa shape index (κ1) is 27.6. The minimum Gasteiger partial charge on any atom is -0.412 e. The standard InChI is InChI=1S/C6H14O12P2.Na.H2O.H2/c7-3(1-17-19(11,12)13)5(9)6(10)4(8)2-18-20(14,15)16;;;/h3,5-7,9-10H,1-2H2,(H2,11,12,13)(H2,14,15,16);;1H2;1H. The van der Waals surface area contributed by atoms with E-state index < -0.39 is 53.0 Å². The normalized spacial score (nSPS) is 16.0. The van der Waals surface area contributed by atoms with E-state index in [1.54, 1.807) is 0 Å². The zero-order valence-electron chi connectivity index (χ0n) is 11.2. The van der Waals surface area contributed by atoms with Gasteiger partial charge in [0.2, 0.25) is 0 Å². The zero-order valence-corrected chi connectivity index (χ0v) is 15.0. The smallest absolute Gasteiger partial charge is 0.412 e. The Kier molecular flexibility index (Phi) is 14.2. The second-order valence-corrected chi connectivity index (χ2v) is 6.00. The number of carbonyl (C=O) groups is 1. The van der Waals surface area contributed by atoms with Crippen molar-refractivity contribution in [1.29, 1.82) is 0 Å². The van der Waals surface area contributed by atoms with Gasteiger partial charge in [-0.25, -0.2) is 9.13 Å². The maximum atomic E-state index is 11.2. The van der Waals surface area contributed by atoms with Crippen molar-refractivity contribution in [3.8, 4) is 0 Å². The van der Waals surface area contributed by atoms with Gasteiger partial charge < -0.3 is 40.4 Å². The summed E-state index contributed by atoms with van der Waals surface area (Å²) in [5.74, 6) is -1.36. The molecule has 3 unspecified atom stereocenters. The van der Waals surface area contributed by atoms with Crippen LogP contribution in [0.15, 0.2) is 0 Å². The Labute approximate surface area is 147 Å². The molecule has 0 amide bonds. The minimum atomic E-state index is -4.95. The van der Waals surface area contributed by atoms with Crippen LogP contribution in [0.3, 0.4) is 0 Å². The number of ketones is 1. The third kappa shape index (κ3) is 13.2. The van der Waals surface area contributed by atoms with E-state index in [1.807, 2.05) is 0 Å². The number of phosphoric acid groups is 2. The molecule has 9 N–H and O–H groups in total. The Balaban J connectivity index is -0.000000602. The first-order valence-electron chi connectivity index (χ1n) is 4.80. The van der Waals surface area contributed by atoms with Crippen LogP contribution in [-0.2, 0) is 23.0 Å². The molecule has 3 atom stereocenters. The van der Waals surface area contributed by atoms with Gasteiger partial charge in [0.05, 0.1) is 6.61 Å². The first-order chi connectivity index (χ1) is 8.83. The first-order valence-corrected chi connectivity index (χ1v) is 7.86. The summed E-state index contributed by atoms with van der Waals surface area (Å²) in [5.41, 5.74) is 0. The molecule has 0 saturated heterocycles. The molecule has 131 valence electrons. The molecule has 0 bridgehead atoms. The summed E-state index contributed by atoms with van der Waals surface area (Å²) in [6.07, 6.45) is -6.53. The largest absolute Gasteiger partial charge is 0.470 e. The predicted octanol–water partition coefficient (Wildman–Crippen LogP) is -4.10. The fourth-order valence-electron chi connectivity index (χ4n) is 0.906. The van der Waals surface area contributed by atoms with Gasteiger partial charge in [-0.1, -0.05) is 0 Å². The predicted molar refractivity (Wildman–Crippen MR) is 70.5 cm³/mol. The third-order valence-electron chi connectivity index (χ3n) is 1.84. The van der Waals surface area contributed by atoms with E-state index in [0.717, 1.165) is 0 Å². The van der Waals surface area contributed by atoms with E-state index in [4.69, 9.17) is 19.6 Å². The number of phosphoric ester groups is 2. The number of hydrogen-bond donors (Lipinski definition) is 7. The second kappa shape index (κ2) is 11.3. The van der Waals surface area contributed by atoms with E-state index in [0.29, 0.717) is 0 Å². The summed E-state index contributed by atoms with van der Waals surface area (Å²) >= 11 is 0. The van der Waals surface area contributed by atoms with Crippen LogP contribution in [0.25, 0.3) is 0 Å². The number of rotatable bonds is 9. The van der Waals surface area contributed by atoms with Crippen LogP contribution in [0.4, 0.5) is 0 Å². The molecule has 13 nitrogen and oxygen atoms in total. The van der Waals surface area contributed by atoms with Crippen LogP contribution in [0.5, 0.6) is 0 Å². The van der Waals surface area contributed by atoms with E-state index in [9.17, 15) is 29.2 Å². The number of hydrogen-bond acceptors (Lipinski definition) is 8. The van der Waals surface area contributed by atoms with Crippen LogP contribution < -0.4 is 0 Å². The average molecular weight is 383 g/mol. The molecule has 16 heteroatoms. The number of aliphatic hydroxyl groups is 3. The van der Waals surface area contributed by atoms with Crippen molar-refractivity contribution in [3.63, 3.8) is 0 Å². The van der Waals surface area contributed by atoms with Gasteiger partial charge in [0.15, 0.2) is 5.78 Å².